The van der Waals surface area contributed by atoms with E-state index >= 15 is 0 Å². The molecule has 1 heterocycles. The average Bonchev–Trinajstić information content (AvgIpc) is 3.07. The van der Waals surface area contributed by atoms with Gasteiger partial charge in [-0.1, -0.05) is 0 Å². The summed E-state index contributed by atoms with van der Waals surface area (Å²) < 4.78 is 15.5. The Hall–Kier alpha value is -3.32. The highest BCUT2D eigenvalue weighted by molar-refractivity contribution is 8.18. The van der Waals surface area contributed by atoms with Gasteiger partial charge >= 0.3 is 5.97 Å². The maximum Gasteiger partial charge on any atom is 0.331 e. The smallest absolute Gasteiger partial charge is 0.331 e. The summed E-state index contributed by atoms with van der Waals surface area (Å²) in [6.45, 7) is 0.471. The second kappa shape index (κ2) is 11.5. The first-order valence-corrected chi connectivity index (χ1v) is 9.46. The van der Waals surface area contributed by atoms with Crippen LogP contribution in [0.25, 0.3) is 0 Å². The molecule has 1 saturated heterocycles. The van der Waals surface area contributed by atoms with Crippen LogP contribution in [0.5, 0.6) is 11.5 Å². The number of unbranched alkanes of at least 4 members (excludes halogenated alkanes) is 2. The standard InChI is InChI=1S/C19H20N4O5S/c1-26-14-7-6-13(10-15(14)28-9-5-3-4-8-20)12-21-23-19-22-18(25)16(29-19)11-17(24)27-2/h6-7,10-12H,3-5,9H2,1-2H3,(H,22,23,25)/b16-11+,21-12?. The van der Waals surface area contributed by atoms with Gasteiger partial charge in [-0.2, -0.15) is 10.4 Å². The van der Waals surface area contributed by atoms with Gasteiger partial charge in [0.15, 0.2) is 16.7 Å². The number of rotatable bonds is 9. The van der Waals surface area contributed by atoms with Gasteiger partial charge in [-0.3, -0.25) is 10.1 Å². The molecule has 1 amide bonds. The van der Waals surface area contributed by atoms with Crippen LogP contribution < -0.4 is 14.8 Å². The highest BCUT2D eigenvalue weighted by Crippen LogP contribution is 2.28. The van der Waals surface area contributed by atoms with Gasteiger partial charge in [0.2, 0.25) is 0 Å². The molecule has 1 N–H and O–H groups in total. The fourth-order valence-electron chi connectivity index (χ4n) is 2.16. The number of hydrogen-bond donors (Lipinski definition) is 1. The third-order valence-corrected chi connectivity index (χ3v) is 4.48. The fourth-order valence-corrected chi connectivity index (χ4v) is 2.90. The third kappa shape index (κ3) is 6.97. The maximum atomic E-state index is 11.8. The largest absolute Gasteiger partial charge is 0.493 e. The van der Waals surface area contributed by atoms with E-state index in [1.165, 1.54) is 13.3 Å². The van der Waals surface area contributed by atoms with Crippen LogP contribution in [-0.2, 0) is 14.3 Å². The summed E-state index contributed by atoms with van der Waals surface area (Å²) in [4.78, 5) is 23.2. The van der Waals surface area contributed by atoms with Crippen molar-refractivity contribution in [1.29, 1.82) is 5.26 Å². The van der Waals surface area contributed by atoms with Crippen molar-refractivity contribution >= 4 is 35.0 Å². The van der Waals surface area contributed by atoms with Crippen LogP contribution in [0.3, 0.4) is 0 Å². The van der Waals surface area contributed by atoms with Crippen molar-refractivity contribution in [3.8, 4) is 17.6 Å². The van der Waals surface area contributed by atoms with Gasteiger partial charge in [0, 0.05) is 12.5 Å². The second-order valence-corrected chi connectivity index (χ2v) is 6.64. The van der Waals surface area contributed by atoms with E-state index in [2.05, 4.69) is 26.3 Å². The van der Waals surface area contributed by atoms with Crippen molar-refractivity contribution in [1.82, 2.24) is 5.32 Å². The van der Waals surface area contributed by atoms with Gasteiger partial charge in [-0.15, -0.1) is 5.10 Å². The average molecular weight is 416 g/mol. The molecular weight excluding hydrogens is 396 g/mol. The van der Waals surface area contributed by atoms with Crippen molar-refractivity contribution in [2.75, 3.05) is 20.8 Å². The number of ether oxygens (including phenoxy) is 3. The maximum absolute atomic E-state index is 11.8. The normalized spacial score (nSPS) is 16.1. The van der Waals surface area contributed by atoms with Crippen LogP contribution in [0.15, 0.2) is 39.4 Å². The van der Waals surface area contributed by atoms with Gasteiger partial charge in [0.25, 0.3) is 5.91 Å². The molecule has 1 fully saturated rings. The minimum atomic E-state index is -0.620. The lowest BCUT2D eigenvalue weighted by Gasteiger charge is -2.10. The molecule has 0 aromatic heterocycles. The van der Waals surface area contributed by atoms with Gasteiger partial charge in [-0.25, -0.2) is 4.79 Å². The molecule has 152 valence electrons. The monoisotopic (exact) mass is 416 g/mol. The van der Waals surface area contributed by atoms with Gasteiger partial charge in [0.1, 0.15) is 0 Å². The van der Waals surface area contributed by atoms with Crippen molar-refractivity contribution < 1.29 is 23.8 Å². The number of thioether (sulfide) groups is 1. The lowest BCUT2D eigenvalue weighted by atomic mass is 10.2. The van der Waals surface area contributed by atoms with E-state index < -0.39 is 11.9 Å². The topological polar surface area (TPSA) is 122 Å². The summed E-state index contributed by atoms with van der Waals surface area (Å²) in [6, 6.07) is 7.40. The molecule has 2 rings (SSSR count). The Bertz CT molecular complexity index is 889. The van der Waals surface area contributed by atoms with Gasteiger partial charge in [0.05, 0.1) is 38.0 Å². The minimum Gasteiger partial charge on any atom is -0.493 e. The molecular formula is C19H20N4O5S. The van der Waals surface area contributed by atoms with Crippen LogP contribution in [0.1, 0.15) is 24.8 Å². The predicted octanol–water partition coefficient (Wildman–Crippen LogP) is 2.38. The first kappa shape index (κ1) is 22.0. The Labute approximate surface area is 172 Å². The zero-order valence-electron chi connectivity index (χ0n) is 16.0. The molecule has 0 bridgehead atoms. The van der Waals surface area contributed by atoms with E-state index in [0.717, 1.165) is 36.2 Å². The van der Waals surface area contributed by atoms with Gasteiger partial charge in [-0.05, 0) is 48.4 Å². The molecule has 1 aromatic rings. The van der Waals surface area contributed by atoms with Crippen LogP contribution >= 0.6 is 11.8 Å². The van der Waals surface area contributed by atoms with Crippen molar-refractivity contribution in [3.05, 3.63) is 34.7 Å². The SMILES string of the molecule is COC(=O)/C=C1/S/C(=N\N=Cc2ccc(OC)c(OCCCCC#N)c2)NC1=O. The molecule has 0 unspecified atom stereocenters. The van der Waals surface area contributed by atoms with Crippen LogP contribution in [0.4, 0.5) is 0 Å². The van der Waals surface area contributed by atoms with Gasteiger partial charge < -0.3 is 14.2 Å². The molecule has 1 aromatic carbocycles. The van der Waals surface area contributed by atoms with E-state index in [0.29, 0.717) is 24.5 Å². The number of nitrogens with one attached hydrogen (secondary N) is 1. The number of amidine groups is 1. The highest BCUT2D eigenvalue weighted by Gasteiger charge is 2.24. The molecule has 0 atom stereocenters. The molecule has 1 aliphatic rings. The summed E-state index contributed by atoms with van der Waals surface area (Å²) in [7, 11) is 2.78. The Morgan fingerprint density at radius 2 is 2.14 bits per heavy atom. The lowest BCUT2D eigenvalue weighted by molar-refractivity contribution is -0.135. The summed E-state index contributed by atoms with van der Waals surface area (Å²) in [5.74, 6) is 0.0921. The number of amides is 1. The Kier molecular flexibility index (Phi) is 8.72. The first-order valence-electron chi connectivity index (χ1n) is 8.65. The number of carbonyl (C=O) groups is 2. The Morgan fingerprint density at radius 3 is 2.86 bits per heavy atom. The number of methoxy groups -OCH3 is 2. The molecule has 1 aliphatic heterocycles. The Morgan fingerprint density at radius 1 is 1.31 bits per heavy atom. The molecule has 0 spiro atoms. The van der Waals surface area contributed by atoms with Crippen molar-refractivity contribution in [2.24, 2.45) is 10.2 Å². The summed E-state index contributed by atoms with van der Waals surface area (Å²) in [6.07, 6.45) is 4.63. The minimum absolute atomic E-state index is 0.183. The molecule has 9 nitrogen and oxygen atoms in total. The number of nitrogens with zero attached hydrogens (tertiary/aromatic N) is 3. The molecule has 0 saturated carbocycles. The summed E-state index contributed by atoms with van der Waals surface area (Å²) in [5.41, 5.74) is 0.724. The molecule has 0 aliphatic carbocycles. The number of esters is 1. The van der Waals surface area contributed by atoms with E-state index in [-0.39, 0.29) is 10.1 Å². The van der Waals surface area contributed by atoms with E-state index in [9.17, 15) is 9.59 Å². The second-order valence-electron chi connectivity index (χ2n) is 5.61. The zero-order chi connectivity index (χ0) is 21.1. The predicted molar refractivity (Wildman–Crippen MR) is 109 cm³/mol. The molecule has 29 heavy (non-hydrogen) atoms. The summed E-state index contributed by atoms with van der Waals surface area (Å²) in [5, 5.41) is 19.2. The van der Waals surface area contributed by atoms with Crippen LogP contribution in [-0.4, -0.2) is 44.1 Å². The molecule has 0 radical (unpaired) electrons. The van der Waals surface area contributed by atoms with Crippen molar-refractivity contribution in [3.63, 3.8) is 0 Å². The van der Waals surface area contributed by atoms with E-state index in [1.54, 1.807) is 25.3 Å². The van der Waals surface area contributed by atoms with Crippen molar-refractivity contribution in [2.45, 2.75) is 19.3 Å². The third-order valence-electron chi connectivity index (χ3n) is 3.58. The number of hydrogen-bond acceptors (Lipinski definition) is 9. The number of benzene rings is 1. The lowest BCUT2D eigenvalue weighted by Crippen LogP contribution is -2.19. The fraction of sp³-hybridized carbons (Fsp3) is 0.316. The molecule has 10 heteroatoms. The quantitative estimate of drug-likeness (QED) is 0.216. The number of carbonyl (C=O) groups excluding carboxylic acids is 2. The Balaban J connectivity index is 2.01. The van der Waals surface area contributed by atoms with E-state index in [4.69, 9.17) is 14.7 Å². The summed E-state index contributed by atoms with van der Waals surface area (Å²) >= 11 is 0.993. The van der Waals surface area contributed by atoms with Crippen LogP contribution in [0, 0.1) is 11.3 Å². The first-order chi connectivity index (χ1) is 14.1. The van der Waals surface area contributed by atoms with E-state index in [1.807, 2.05) is 0 Å². The zero-order valence-corrected chi connectivity index (χ0v) is 16.8. The van der Waals surface area contributed by atoms with Crippen LogP contribution in [0.2, 0.25) is 0 Å². The highest BCUT2D eigenvalue weighted by atomic mass is 32.2. The number of nitriles is 1.